The third-order valence-corrected chi connectivity index (χ3v) is 4.93. The number of rotatable bonds is 3. The second-order valence-corrected chi connectivity index (χ2v) is 6.37. The summed E-state index contributed by atoms with van der Waals surface area (Å²) in [6.07, 6.45) is 0. The molecule has 0 bridgehead atoms. The van der Waals surface area contributed by atoms with Crippen LogP contribution in [0, 0.1) is 6.92 Å². The smallest absolute Gasteiger partial charge is 0.306 e. The van der Waals surface area contributed by atoms with Crippen LogP contribution in [0.4, 0.5) is 5.13 Å². The van der Waals surface area contributed by atoms with Gasteiger partial charge in [-0.05, 0) is 6.92 Å². The van der Waals surface area contributed by atoms with Crippen LogP contribution >= 0.6 is 22.7 Å². The van der Waals surface area contributed by atoms with E-state index in [1.165, 1.54) is 15.9 Å². The normalized spacial score (nSPS) is 11.0. The minimum atomic E-state index is -0.313. The number of thiazole rings is 1. The number of aromatic nitrogens is 3. The summed E-state index contributed by atoms with van der Waals surface area (Å²) in [6.45, 7) is 5.77. The highest BCUT2D eigenvalue weighted by molar-refractivity contribution is 7.15. The maximum atomic E-state index is 12.1. The van der Waals surface area contributed by atoms with E-state index in [9.17, 15) is 9.59 Å². The molecule has 2 heterocycles. The van der Waals surface area contributed by atoms with Gasteiger partial charge < -0.3 is 4.57 Å². The summed E-state index contributed by atoms with van der Waals surface area (Å²) in [6, 6.07) is 0. The van der Waals surface area contributed by atoms with Crippen molar-refractivity contribution < 1.29 is 4.79 Å². The zero-order valence-corrected chi connectivity index (χ0v) is 12.7. The van der Waals surface area contributed by atoms with Crippen molar-refractivity contribution in [3.05, 3.63) is 25.2 Å². The average Bonchev–Trinajstić information content (AvgIpc) is 2.90. The summed E-state index contributed by atoms with van der Waals surface area (Å²) in [5, 5.41) is 11.9. The molecule has 0 unspecified atom stereocenters. The van der Waals surface area contributed by atoms with Gasteiger partial charge in [0, 0.05) is 18.7 Å². The Hall–Kier alpha value is -1.54. The van der Waals surface area contributed by atoms with Crippen LogP contribution in [0.15, 0.2) is 4.79 Å². The van der Waals surface area contributed by atoms with E-state index < -0.39 is 0 Å². The lowest BCUT2D eigenvalue weighted by Crippen LogP contribution is -2.12. The Balaban J connectivity index is 2.20. The van der Waals surface area contributed by atoms with Gasteiger partial charge in [-0.15, -0.1) is 10.2 Å². The molecule has 0 aliphatic rings. The van der Waals surface area contributed by atoms with E-state index in [4.69, 9.17) is 0 Å². The van der Waals surface area contributed by atoms with Gasteiger partial charge in [-0.3, -0.25) is 14.9 Å². The van der Waals surface area contributed by atoms with Gasteiger partial charge in [0.25, 0.3) is 5.91 Å². The Morgan fingerprint density at radius 1 is 1.32 bits per heavy atom. The lowest BCUT2D eigenvalue weighted by molar-refractivity contribution is 0.102. The molecule has 2 aromatic heterocycles. The first-order valence-electron chi connectivity index (χ1n) is 5.71. The fourth-order valence-corrected chi connectivity index (χ4v) is 3.02. The van der Waals surface area contributed by atoms with Gasteiger partial charge in [0.15, 0.2) is 0 Å². The molecule has 2 rings (SSSR count). The summed E-state index contributed by atoms with van der Waals surface area (Å²) in [7, 11) is 1.65. The van der Waals surface area contributed by atoms with E-state index in [1.807, 2.05) is 13.8 Å². The monoisotopic (exact) mass is 298 g/mol. The van der Waals surface area contributed by atoms with Crippen LogP contribution in [0.25, 0.3) is 0 Å². The maximum absolute atomic E-state index is 12.1. The molecule has 0 saturated heterocycles. The fraction of sp³-hybridized carbons (Fsp3) is 0.455. The van der Waals surface area contributed by atoms with Crippen molar-refractivity contribution in [3.63, 3.8) is 0 Å². The minimum Gasteiger partial charge on any atom is -0.306 e. The molecule has 1 N–H and O–H groups in total. The van der Waals surface area contributed by atoms with E-state index in [2.05, 4.69) is 15.5 Å². The molecule has 0 atom stereocenters. The van der Waals surface area contributed by atoms with Crippen LogP contribution < -0.4 is 10.2 Å². The van der Waals surface area contributed by atoms with Gasteiger partial charge in [0.05, 0.1) is 0 Å². The van der Waals surface area contributed by atoms with Gasteiger partial charge in [0.1, 0.15) is 9.88 Å². The third kappa shape index (κ3) is 2.74. The Morgan fingerprint density at radius 2 is 2.00 bits per heavy atom. The minimum absolute atomic E-state index is 0.150. The lowest BCUT2D eigenvalue weighted by atomic mass is 10.2. The summed E-state index contributed by atoms with van der Waals surface area (Å²) >= 11 is 2.28. The Bertz CT molecular complexity index is 669. The highest BCUT2D eigenvalue weighted by Crippen LogP contribution is 2.23. The Kier molecular flexibility index (Phi) is 3.81. The van der Waals surface area contributed by atoms with Crippen LogP contribution in [0.5, 0.6) is 0 Å². The predicted octanol–water partition coefficient (Wildman–Crippen LogP) is 1.98. The van der Waals surface area contributed by atoms with Gasteiger partial charge >= 0.3 is 4.87 Å². The van der Waals surface area contributed by atoms with Crippen molar-refractivity contribution in [2.75, 3.05) is 5.32 Å². The molecule has 0 saturated carbocycles. The highest BCUT2D eigenvalue weighted by Gasteiger charge is 2.18. The molecular weight excluding hydrogens is 284 g/mol. The summed E-state index contributed by atoms with van der Waals surface area (Å²) in [4.78, 5) is 23.8. The molecule has 0 fully saturated rings. The molecule has 0 aliphatic carbocycles. The zero-order valence-electron chi connectivity index (χ0n) is 11.1. The Morgan fingerprint density at radius 3 is 2.47 bits per heavy atom. The molecular formula is C11H14N4O2S2. The van der Waals surface area contributed by atoms with Crippen molar-refractivity contribution in [1.82, 2.24) is 14.8 Å². The molecule has 0 spiro atoms. The summed E-state index contributed by atoms with van der Waals surface area (Å²) in [5.74, 6) is -0.0377. The van der Waals surface area contributed by atoms with Gasteiger partial charge in [-0.1, -0.05) is 36.5 Å². The molecule has 0 aliphatic heterocycles. The number of anilines is 1. The highest BCUT2D eigenvalue weighted by atomic mass is 32.1. The number of carbonyl (C=O) groups excluding carboxylic acids is 1. The number of nitrogens with one attached hydrogen (secondary N) is 1. The third-order valence-electron chi connectivity index (χ3n) is 2.66. The first kappa shape index (κ1) is 13.9. The predicted molar refractivity (Wildman–Crippen MR) is 76.2 cm³/mol. The van der Waals surface area contributed by atoms with E-state index >= 15 is 0 Å². The van der Waals surface area contributed by atoms with Crippen molar-refractivity contribution in [2.45, 2.75) is 26.7 Å². The first-order chi connectivity index (χ1) is 8.90. The molecule has 19 heavy (non-hydrogen) atoms. The van der Waals surface area contributed by atoms with E-state index in [-0.39, 0.29) is 16.7 Å². The molecule has 0 radical (unpaired) electrons. The molecule has 2 aromatic rings. The summed E-state index contributed by atoms with van der Waals surface area (Å²) < 4.78 is 1.46. The number of hydrogen-bond donors (Lipinski definition) is 1. The molecule has 0 aromatic carbocycles. The van der Waals surface area contributed by atoms with Crippen LogP contribution in [0.1, 0.15) is 40.1 Å². The van der Waals surface area contributed by atoms with Crippen molar-refractivity contribution in [2.24, 2.45) is 7.05 Å². The number of nitrogens with zero attached hydrogens (tertiary/aromatic N) is 3. The van der Waals surface area contributed by atoms with Gasteiger partial charge in [-0.25, -0.2) is 0 Å². The molecule has 6 nitrogen and oxygen atoms in total. The second-order valence-electron chi connectivity index (χ2n) is 4.40. The summed E-state index contributed by atoms with van der Waals surface area (Å²) in [5.41, 5.74) is 0.654. The largest absolute Gasteiger partial charge is 0.307 e. The lowest BCUT2D eigenvalue weighted by Gasteiger charge is -2.00. The average molecular weight is 298 g/mol. The number of hydrogen-bond acceptors (Lipinski definition) is 6. The van der Waals surface area contributed by atoms with Crippen LogP contribution in [-0.2, 0) is 7.05 Å². The number of amides is 1. The van der Waals surface area contributed by atoms with E-state index in [1.54, 1.807) is 14.0 Å². The molecule has 102 valence electrons. The number of carbonyl (C=O) groups is 1. The van der Waals surface area contributed by atoms with Gasteiger partial charge in [-0.2, -0.15) is 0 Å². The van der Waals surface area contributed by atoms with Crippen LogP contribution in [0.2, 0.25) is 0 Å². The molecule has 8 heteroatoms. The first-order valence-corrected chi connectivity index (χ1v) is 7.34. The quantitative estimate of drug-likeness (QED) is 0.940. The molecule has 1 amide bonds. The SMILES string of the molecule is Cc1c(C(=O)Nc2nnc(C(C)C)s2)sc(=O)n1C. The fourth-order valence-electron chi connectivity index (χ4n) is 1.40. The topological polar surface area (TPSA) is 76.9 Å². The van der Waals surface area contributed by atoms with E-state index in [0.29, 0.717) is 15.7 Å². The van der Waals surface area contributed by atoms with Crippen LogP contribution in [-0.4, -0.2) is 20.7 Å². The van der Waals surface area contributed by atoms with Crippen molar-refractivity contribution >= 4 is 33.7 Å². The Labute approximate surface area is 118 Å². The van der Waals surface area contributed by atoms with E-state index in [0.717, 1.165) is 16.3 Å². The second kappa shape index (κ2) is 5.22. The van der Waals surface area contributed by atoms with Crippen LogP contribution in [0.3, 0.4) is 0 Å². The van der Waals surface area contributed by atoms with Crippen molar-refractivity contribution in [1.29, 1.82) is 0 Å². The van der Waals surface area contributed by atoms with Crippen molar-refractivity contribution in [3.8, 4) is 0 Å². The standard InChI is InChI=1S/C11H14N4O2S2/c1-5(2)9-13-14-10(19-9)12-8(16)7-6(3)15(4)11(17)18-7/h5H,1-4H3,(H,12,14,16). The maximum Gasteiger partial charge on any atom is 0.307 e. The van der Waals surface area contributed by atoms with Gasteiger partial charge in [0.2, 0.25) is 5.13 Å². The zero-order chi connectivity index (χ0) is 14.2.